The zero-order valence-electron chi connectivity index (χ0n) is 23.7. The number of ether oxygens (including phenoxy) is 6. The van der Waals surface area contributed by atoms with Crippen LogP contribution in [-0.4, -0.2) is 79.6 Å². The first kappa shape index (κ1) is 32.2. The minimum Gasteiger partial charge on any atom is -0.491 e. The number of carboxylic acid groups (broad SMARTS) is 1. The van der Waals surface area contributed by atoms with E-state index in [4.69, 9.17) is 45.1 Å². The molecule has 0 bridgehead atoms. The second-order valence-corrected chi connectivity index (χ2v) is 11.5. The van der Waals surface area contributed by atoms with E-state index in [0.717, 1.165) is 38.5 Å². The number of allylic oxidation sites excluding steroid dienone is 2. The molecule has 9 nitrogen and oxygen atoms in total. The van der Waals surface area contributed by atoms with Crippen LogP contribution in [0, 0.1) is 5.92 Å². The van der Waals surface area contributed by atoms with Crippen LogP contribution < -0.4 is 4.74 Å². The van der Waals surface area contributed by atoms with Crippen molar-refractivity contribution in [3.8, 4) is 5.75 Å². The van der Waals surface area contributed by atoms with Gasteiger partial charge in [-0.25, -0.2) is 0 Å². The Labute approximate surface area is 248 Å². The van der Waals surface area contributed by atoms with Gasteiger partial charge in [0, 0.05) is 37.0 Å². The van der Waals surface area contributed by atoms with Crippen LogP contribution in [0.2, 0.25) is 5.02 Å². The molecule has 7 unspecified atom stereocenters. The molecule has 0 radical (unpaired) electrons. The molecule has 3 aliphatic rings. The molecule has 7 atom stereocenters. The molecule has 4 rings (SSSR count). The maximum atomic E-state index is 11.0. The summed E-state index contributed by atoms with van der Waals surface area (Å²) in [4.78, 5) is 10.8. The Morgan fingerprint density at radius 1 is 1.07 bits per heavy atom. The third-order valence-electron chi connectivity index (χ3n) is 7.75. The number of carbonyl (C=O) groups is 1. The van der Waals surface area contributed by atoms with E-state index in [2.05, 4.69) is 0 Å². The van der Waals surface area contributed by atoms with Crippen LogP contribution in [-0.2, 0) is 28.5 Å². The maximum Gasteiger partial charge on any atom is 0.303 e. The van der Waals surface area contributed by atoms with Crippen LogP contribution in [0.3, 0.4) is 0 Å². The topological polar surface area (TPSA) is 113 Å². The molecular formula is C31H45ClO9. The molecule has 2 heterocycles. The van der Waals surface area contributed by atoms with Gasteiger partial charge >= 0.3 is 5.97 Å². The normalized spacial score (nSPS) is 29.5. The molecule has 3 fully saturated rings. The van der Waals surface area contributed by atoms with Gasteiger partial charge in [-0.05, 0) is 76.0 Å². The van der Waals surface area contributed by atoms with Gasteiger partial charge in [0.1, 0.15) is 18.5 Å². The average molecular weight is 597 g/mol. The van der Waals surface area contributed by atoms with Gasteiger partial charge in [-0.15, -0.1) is 0 Å². The number of carboxylic acids is 1. The van der Waals surface area contributed by atoms with Crippen molar-refractivity contribution in [2.45, 2.75) is 108 Å². The van der Waals surface area contributed by atoms with Crippen LogP contribution in [0.4, 0.5) is 0 Å². The van der Waals surface area contributed by atoms with Crippen molar-refractivity contribution in [2.24, 2.45) is 5.92 Å². The quantitative estimate of drug-likeness (QED) is 0.188. The Morgan fingerprint density at radius 3 is 2.56 bits per heavy atom. The highest BCUT2D eigenvalue weighted by molar-refractivity contribution is 6.30. The lowest BCUT2D eigenvalue weighted by Crippen LogP contribution is -2.40. The van der Waals surface area contributed by atoms with Gasteiger partial charge in [0.15, 0.2) is 12.6 Å². The van der Waals surface area contributed by atoms with Gasteiger partial charge in [0.05, 0.1) is 24.9 Å². The molecule has 2 N–H and O–H groups in total. The van der Waals surface area contributed by atoms with Crippen molar-refractivity contribution in [3.63, 3.8) is 0 Å². The Morgan fingerprint density at radius 2 is 1.85 bits per heavy atom. The van der Waals surface area contributed by atoms with Crippen molar-refractivity contribution in [3.05, 3.63) is 41.4 Å². The summed E-state index contributed by atoms with van der Waals surface area (Å²) < 4.78 is 36.9. The molecule has 230 valence electrons. The standard InChI is InChI=1S/C31H45ClO9/c32-22-10-9-11-23(18-22)38-20-24(40-29-14-5-7-16-36-29)21-39-31-25(12-3-1-2-4-13-28(34)35)26(33)19-27(31)41-30-15-6-8-17-37-30/h1,3,9-11,18,24-27,29-31,33H,2,4-8,12-17,19-21H2,(H,34,35)/b3-1+. The van der Waals surface area contributed by atoms with E-state index in [9.17, 15) is 9.90 Å². The first-order valence-corrected chi connectivity index (χ1v) is 15.4. The summed E-state index contributed by atoms with van der Waals surface area (Å²) in [5.74, 6) is -0.328. The van der Waals surface area contributed by atoms with Crippen molar-refractivity contribution in [2.75, 3.05) is 26.4 Å². The highest BCUT2D eigenvalue weighted by Gasteiger charge is 2.45. The van der Waals surface area contributed by atoms with E-state index in [1.54, 1.807) is 12.1 Å². The zero-order valence-corrected chi connectivity index (χ0v) is 24.5. The Kier molecular flexibility index (Phi) is 13.7. The van der Waals surface area contributed by atoms with Crippen molar-refractivity contribution in [1.29, 1.82) is 0 Å². The fraction of sp³-hybridized carbons (Fsp3) is 0.710. The molecule has 41 heavy (non-hydrogen) atoms. The second kappa shape index (κ2) is 17.4. The number of aliphatic carboxylic acids is 1. The Balaban J connectivity index is 1.40. The third-order valence-corrected chi connectivity index (χ3v) is 7.98. The Bertz CT molecular complexity index is 932. The zero-order chi connectivity index (χ0) is 28.9. The fourth-order valence-electron chi connectivity index (χ4n) is 5.58. The van der Waals surface area contributed by atoms with Gasteiger partial charge in [-0.2, -0.15) is 0 Å². The predicted molar refractivity (Wildman–Crippen MR) is 153 cm³/mol. The van der Waals surface area contributed by atoms with Crippen molar-refractivity contribution < 1.29 is 43.4 Å². The number of rotatable bonds is 16. The molecule has 0 amide bonds. The van der Waals surface area contributed by atoms with Gasteiger partial charge in [0.25, 0.3) is 0 Å². The number of halogens is 1. The molecule has 2 aliphatic heterocycles. The van der Waals surface area contributed by atoms with E-state index in [1.807, 2.05) is 24.3 Å². The van der Waals surface area contributed by atoms with Crippen LogP contribution in [0.5, 0.6) is 5.75 Å². The molecule has 1 saturated carbocycles. The lowest BCUT2D eigenvalue weighted by atomic mass is 9.98. The molecule has 1 aliphatic carbocycles. The van der Waals surface area contributed by atoms with E-state index in [0.29, 0.717) is 49.7 Å². The largest absolute Gasteiger partial charge is 0.491 e. The molecule has 0 aromatic heterocycles. The van der Waals surface area contributed by atoms with E-state index < -0.39 is 18.2 Å². The average Bonchev–Trinajstić information content (AvgIpc) is 3.26. The SMILES string of the molecule is O=C(O)CCC/C=C/CC1C(O)CC(OC2CCCCO2)C1OCC(COc1cccc(Cl)c1)OC1CCCCO1. The summed E-state index contributed by atoms with van der Waals surface area (Å²) in [5.41, 5.74) is 0. The number of hydrogen-bond donors (Lipinski definition) is 2. The lowest BCUT2D eigenvalue weighted by Gasteiger charge is -2.32. The van der Waals surface area contributed by atoms with Gasteiger partial charge in [0.2, 0.25) is 0 Å². The lowest BCUT2D eigenvalue weighted by molar-refractivity contribution is -0.226. The molecule has 0 spiro atoms. The number of aliphatic hydroxyl groups is 1. The summed E-state index contributed by atoms with van der Waals surface area (Å²) in [5, 5.41) is 20.5. The van der Waals surface area contributed by atoms with E-state index in [-0.39, 0.29) is 50.3 Å². The third kappa shape index (κ3) is 11.1. The first-order valence-electron chi connectivity index (χ1n) is 15.1. The van der Waals surface area contributed by atoms with E-state index >= 15 is 0 Å². The highest BCUT2D eigenvalue weighted by Crippen LogP contribution is 2.36. The van der Waals surface area contributed by atoms with Gasteiger partial charge in [-0.3, -0.25) is 4.79 Å². The number of hydrogen-bond acceptors (Lipinski definition) is 8. The molecule has 1 aromatic rings. The van der Waals surface area contributed by atoms with Crippen LogP contribution >= 0.6 is 11.6 Å². The number of aliphatic hydroxyl groups excluding tert-OH is 1. The molecule has 10 heteroatoms. The van der Waals surface area contributed by atoms with Crippen LogP contribution in [0.15, 0.2) is 36.4 Å². The summed E-state index contributed by atoms with van der Waals surface area (Å²) >= 11 is 6.14. The maximum absolute atomic E-state index is 11.0. The summed E-state index contributed by atoms with van der Waals surface area (Å²) in [6.07, 6.45) is 9.91. The fourth-order valence-corrected chi connectivity index (χ4v) is 5.76. The molecular weight excluding hydrogens is 552 g/mol. The smallest absolute Gasteiger partial charge is 0.303 e. The van der Waals surface area contributed by atoms with Crippen molar-refractivity contribution in [1.82, 2.24) is 0 Å². The monoisotopic (exact) mass is 596 g/mol. The number of benzene rings is 1. The summed E-state index contributed by atoms with van der Waals surface area (Å²) in [6.45, 7) is 1.83. The minimum absolute atomic E-state index is 0.142. The van der Waals surface area contributed by atoms with Gasteiger partial charge < -0.3 is 38.6 Å². The molecule has 1 aromatic carbocycles. The minimum atomic E-state index is -0.794. The Hall–Kier alpha value is -1.72. The van der Waals surface area contributed by atoms with Crippen LogP contribution in [0.1, 0.15) is 70.6 Å². The van der Waals surface area contributed by atoms with E-state index in [1.165, 1.54) is 0 Å². The molecule has 2 saturated heterocycles. The van der Waals surface area contributed by atoms with Gasteiger partial charge in [-0.1, -0.05) is 29.8 Å². The highest BCUT2D eigenvalue weighted by atomic mass is 35.5. The van der Waals surface area contributed by atoms with Crippen molar-refractivity contribution >= 4 is 17.6 Å². The predicted octanol–water partition coefficient (Wildman–Crippen LogP) is 5.51. The summed E-state index contributed by atoms with van der Waals surface area (Å²) in [6, 6.07) is 7.24. The number of unbranched alkanes of at least 4 members (excludes halogenated alkanes) is 1. The van der Waals surface area contributed by atoms with Crippen LogP contribution in [0.25, 0.3) is 0 Å². The second-order valence-electron chi connectivity index (χ2n) is 11.1. The first-order chi connectivity index (χ1) is 20.0. The summed E-state index contributed by atoms with van der Waals surface area (Å²) in [7, 11) is 0.